The SMILES string of the molecule is C=Cc1c(CN2CC(N)N(C(=O)CN(Cc3cc(-c4ccc(F)cc4)no3)NCc3ccccc3)CC2=O)cccc1N=C. The second-order valence-electron chi connectivity index (χ2n) is 10.4. The van der Waals surface area contributed by atoms with Crippen molar-refractivity contribution in [2.24, 2.45) is 10.7 Å². The number of hydrogen-bond donors (Lipinski definition) is 2. The molecule has 44 heavy (non-hydrogen) atoms. The molecular weight excluding hydrogens is 561 g/mol. The maximum absolute atomic E-state index is 13.6. The minimum absolute atomic E-state index is 0.0753. The lowest BCUT2D eigenvalue weighted by Crippen LogP contribution is -2.62. The first kappa shape index (κ1) is 30.5. The van der Waals surface area contributed by atoms with Crippen LogP contribution in [0.4, 0.5) is 10.1 Å². The van der Waals surface area contributed by atoms with Crippen molar-refractivity contribution in [2.75, 3.05) is 19.6 Å². The molecule has 226 valence electrons. The summed E-state index contributed by atoms with van der Waals surface area (Å²) in [5.74, 6) is -0.369. The molecule has 2 heterocycles. The summed E-state index contributed by atoms with van der Waals surface area (Å²) in [6, 6.07) is 23.0. The molecule has 0 radical (unpaired) electrons. The summed E-state index contributed by atoms with van der Waals surface area (Å²) in [6.07, 6.45) is 0.997. The van der Waals surface area contributed by atoms with Crippen LogP contribution >= 0.6 is 0 Å². The number of rotatable bonds is 12. The molecule has 1 aromatic heterocycles. The molecule has 1 unspecified atom stereocenters. The van der Waals surface area contributed by atoms with Crippen molar-refractivity contribution in [2.45, 2.75) is 25.8 Å². The molecule has 1 fully saturated rings. The lowest BCUT2D eigenvalue weighted by molar-refractivity contribution is -0.150. The quantitative estimate of drug-likeness (QED) is 0.187. The molecule has 5 rings (SSSR count). The van der Waals surface area contributed by atoms with E-state index in [0.29, 0.717) is 35.8 Å². The number of nitrogens with zero attached hydrogens (tertiary/aromatic N) is 5. The van der Waals surface area contributed by atoms with Gasteiger partial charge >= 0.3 is 0 Å². The molecule has 1 aliphatic rings. The summed E-state index contributed by atoms with van der Waals surface area (Å²) < 4.78 is 18.9. The Morgan fingerprint density at radius 3 is 2.66 bits per heavy atom. The standard InChI is InChI=1S/C33H34FN7O3/c1-3-28-25(10-7-11-29(28)36-2)18-39-20-31(35)41(22-32(39)42)33(43)21-40(37-17-23-8-5-4-6-9-23)19-27-16-30(38-44-27)24-12-14-26(34)15-13-24/h3-16,31,37H,1-2,17-22,35H2. The van der Waals surface area contributed by atoms with Crippen molar-refractivity contribution in [1.82, 2.24) is 25.4 Å². The van der Waals surface area contributed by atoms with E-state index in [-0.39, 0.29) is 43.8 Å². The predicted molar refractivity (Wildman–Crippen MR) is 166 cm³/mol. The fraction of sp³-hybridized carbons (Fsp3) is 0.212. The van der Waals surface area contributed by atoms with Crippen LogP contribution in [0.25, 0.3) is 17.3 Å². The first-order valence-corrected chi connectivity index (χ1v) is 14.1. The van der Waals surface area contributed by atoms with Crippen molar-refractivity contribution in [3.05, 3.63) is 114 Å². The maximum atomic E-state index is 13.6. The van der Waals surface area contributed by atoms with E-state index in [0.717, 1.165) is 16.7 Å². The van der Waals surface area contributed by atoms with Gasteiger partial charge in [-0.05, 0) is 48.2 Å². The van der Waals surface area contributed by atoms with Gasteiger partial charge in [-0.1, -0.05) is 60.3 Å². The highest BCUT2D eigenvalue weighted by Gasteiger charge is 2.34. The average molecular weight is 596 g/mol. The van der Waals surface area contributed by atoms with E-state index in [1.54, 1.807) is 34.2 Å². The number of aromatic nitrogens is 1. The van der Waals surface area contributed by atoms with E-state index in [4.69, 9.17) is 10.3 Å². The lowest BCUT2D eigenvalue weighted by Gasteiger charge is -2.40. The van der Waals surface area contributed by atoms with Crippen molar-refractivity contribution < 1.29 is 18.5 Å². The number of amides is 2. The number of nitrogens with one attached hydrogen (secondary N) is 1. The number of benzene rings is 3. The van der Waals surface area contributed by atoms with Crippen LogP contribution in [-0.2, 0) is 29.2 Å². The van der Waals surface area contributed by atoms with Crippen LogP contribution in [0.5, 0.6) is 0 Å². The van der Waals surface area contributed by atoms with Gasteiger partial charge in [0, 0.05) is 30.3 Å². The Morgan fingerprint density at radius 2 is 1.93 bits per heavy atom. The second-order valence-corrected chi connectivity index (χ2v) is 10.4. The van der Waals surface area contributed by atoms with Crippen LogP contribution in [0.2, 0.25) is 0 Å². The zero-order valence-electron chi connectivity index (χ0n) is 24.2. The van der Waals surface area contributed by atoms with Gasteiger partial charge in [-0.2, -0.15) is 0 Å². The van der Waals surface area contributed by atoms with Crippen LogP contribution < -0.4 is 11.2 Å². The Morgan fingerprint density at radius 1 is 1.16 bits per heavy atom. The third kappa shape index (κ3) is 7.32. The molecule has 4 aromatic rings. The monoisotopic (exact) mass is 595 g/mol. The predicted octanol–water partition coefficient (Wildman–Crippen LogP) is 4.12. The van der Waals surface area contributed by atoms with Crippen molar-refractivity contribution in [3.8, 4) is 11.3 Å². The minimum Gasteiger partial charge on any atom is -0.359 e. The van der Waals surface area contributed by atoms with Crippen LogP contribution in [0.3, 0.4) is 0 Å². The molecule has 0 bridgehead atoms. The van der Waals surface area contributed by atoms with Gasteiger partial charge in [0.25, 0.3) is 0 Å². The third-order valence-corrected chi connectivity index (χ3v) is 7.42. The number of piperazine rings is 1. The number of hydrogen-bond acceptors (Lipinski definition) is 8. The topological polar surface area (TPSA) is 120 Å². The molecule has 1 aliphatic heterocycles. The van der Waals surface area contributed by atoms with Crippen LogP contribution in [0, 0.1) is 5.82 Å². The van der Waals surface area contributed by atoms with Gasteiger partial charge in [-0.25, -0.2) is 14.8 Å². The Hall–Kier alpha value is -4.97. The maximum Gasteiger partial charge on any atom is 0.242 e. The van der Waals surface area contributed by atoms with Gasteiger partial charge in [-0.15, -0.1) is 0 Å². The van der Waals surface area contributed by atoms with Crippen molar-refractivity contribution >= 4 is 30.3 Å². The number of nitrogens with two attached hydrogens (primary N) is 1. The fourth-order valence-electron chi connectivity index (χ4n) is 5.08. The Labute approximate surface area is 255 Å². The first-order valence-electron chi connectivity index (χ1n) is 14.1. The number of carbonyl (C=O) groups is 2. The van der Waals surface area contributed by atoms with E-state index in [1.807, 2.05) is 48.5 Å². The molecule has 0 aliphatic carbocycles. The normalized spacial score (nSPS) is 15.1. The fourth-order valence-corrected chi connectivity index (χ4v) is 5.08. The largest absolute Gasteiger partial charge is 0.359 e. The summed E-state index contributed by atoms with van der Waals surface area (Å²) in [5.41, 5.74) is 14.4. The Kier molecular flexibility index (Phi) is 9.70. The summed E-state index contributed by atoms with van der Waals surface area (Å²) in [7, 11) is 0. The number of aliphatic imine (C=N–C) groups is 1. The van der Waals surface area contributed by atoms with Crippen LogP contribution in [-0.4, -0.2) is 64.3 Å². The molecule has 3 aromatic carbocycles. The summed E-state index contributed by atoms with van der Waals surface area (Å²) >= 11 is 0. The van der Waals surface area contributed by atoms with Crippen molar-refractivity contribution in [3.63, 3.8) is 0 Å². The zero-order valence-corrected chi connectivity index (χ0v) is 24.2. The highest BCUT2D eigenvalue weighted by Crippen LogP contribution is 2.26. The molecule has 0 saturated carbocycles. The molecular formula is C33H34FN7O3. The molecule has 1 atom stereocenters. The van der Waals surface area contributed by atoms with Crippen LogP contribution in [0.1, 0.15) is 22.5 Å². The summed E-state index contributed by atoms with van der Waals surface area (Å²) in [4.78, 5) is 33.8. The van der Waals surface area contributed by atoms with Gasteiger partial charge in [0.15, 0.2) is 5.76 Å². The molecule has 0 spiro atoms. The van der Waals surface area contributed by atoms with Gasteiger partial charge < -0.3 is 20.1 Å². The lowest BCUT2D eigenvalue weighted by atomic mass is 10.0. The van der Waals surface area contributed by atoms with E-state index in [9.17, 15) is 14.0 Å². The van der Waals surface area contributed by atoms with E-state index in [2.05, 4.69) is 28.9 Å². The molecule has 1 saturated heterocycles. The summed E-state index contributed by atoms with van der Waals surface area (Å²) in [5, 5.41) is 5.82. The Balaban J connectivity index is 1.27. The van der Waals surface area contributed by atoms with Gasteiger partial charge in [0.1, 0.15) is 18.1 Å². The minimum atomic E-state index is -0.695. The molecule has 10 nitrogen and oxygen atoms in total. The first-order chi connectivity index (χ1) is 21.3. The Bertz CT molecular complexity index is 1620. The van der Waals surface area contributed by atoms with Gasteiger partial charge in [-0.3, -0.25) is 14.6 Å². The van der Waals surface area contributed by atoms with Gasteiger partial charge in [0.2, 0.25) is 11.8 Å². The third-order valence-electron chi connectivity index (χ3n) is 7.42. The zero-order chi connectivity index (χ0) is 31.1. The highest BCUT2D eigenvalue weighted by molar-refractivity contribution is 5.87. The summed E-state index contributed by atoms with van der Waals surface area (Å²) in [6.45, 7) is 8.40. The smallest absolute Gasteiger partial charge is 0.242 e. The molecule has 3 N–H and O–H groups in total. The van der Waals surface area contributed by atoms with E-state index in [1.165, 1.54) is 17.0 Å². The highest BCUT2D eigenvalue weighted by atomic mass is 19.1. The molecule has 2 amide bonds. The number of carbonyl (C=O) groups excluding carboxylic acids is 2. The van der Waals surface area contributed by atoms with Crippen molar-refractivity contribution in [1.29, 1.82) is 0 Å². The van der Waals surface area contributed by atoms with E-state index >= 15 is 0 Å². The number of hydrazine groups is 1. The van der Waals surface area contributed by atoms with Gasteiger partial charge in [0.05, 0.1) is 31.5 Å². The van der Waals surface area contributed by atoms with Crippen LogP contribution in [0.15, 0.2) is 95.0 Å². The molecule has 11 heteroatoms. The van der Waals surface area contributed by atoms with E-state index < -0.39 is 6.17 Å². The second kappa shape index (κ2) is 14.0. The number of halogens is 1. The average Bonchev–Trinajstić information content (AvgIpc) is 3.50.